The van der Waals surface area contributed by atoms with Gasteiger partial charge in [-0.25, -0.2) is 19.7 Å². The molecule has 16 heteroatoms. The number of nitrogens with zero attached hydrogens (tertiary/aromatic N) is 4. The SMILES string of the molecule is COc1cc(OC)c2nc(Nc3nc4ccc(OCCN(C)CCO)c(OC(=O)C(F)(F)F)c4c(=O)[nH]3)nc(C)c2c1. The third kappa shape index (κ3) is 6.60. The van der Waals surface area contributed by atoms with Gasteiger partial charge in [-0.1, -0.05) is 0 Å². The summed E-state index contributed by atoms with van der Waals surface area (Å²) in [5, 5.41) is 12.0. The van der Waals surface area contributed by atoms with Gasteiger partial charge in [-0.2, -0.15) is 13.2 Å². The molecular weight excluding hydrogens is 565 g/mol. The number of aryl methyl sites for hydroxylation is 1. The van der Waals surface area contributed by atoms with Gasteiger partial charge in [-0.15, -0.1) is 0 Å². The molecule has 0 atom stereocenters. The zero-order valence-corrected chi connectivity index (χ0v) is 23.0. The van der Waals surface area contributed by atoms with Crippen LogP contribution in [0, 0.1) is 6.92 Å². The second-order valence-electron chi connectivity index (χ2n) is 8.95. The van der Waals surface area contributed by atoms with Crippen molar-refractivity contribution in [2.24, 2.45) is 0 Å². The lowest BCUT2D eigenvalue weighted by atomic mass is 10.1. The van der Waals surface area contributed by atoms with Crippen LogP contribution in [0.25, 0.3) is 21.8 Å². The minimum Gasteiger partial charge on any atom is -0.497 e. The molecule has 2 aromatic heterocycles. The molecule has 0 amide bonds. The lowest BCUT2D eigenvalue weighted by Gasteiger charge is -2.18. The minimum absolute atomic E-state index is 0.0432. The number of hydrogen-bond acceptors (Lipinski definition) is 12. The summed E-state index contributed by atoms with van der Waals surface area (Å²) in [6, 6.07) is 5.94. The number of benzene rings is 2. The number of likely N-dealkylation sites (N-methyl/N-ethyl adjacent to an activating group) is 1. The molecule has 0 saturated heterocycles. The number of esters is 1. The Bertz CT molecular complexity index is 1680. The van der Waals surface area contributed by atoms with Crippen LogP contribution in [-0.4, -0.2) is 89.7 Å². The summed E-state index contributed by atoms with van der Waals surface area (Å²) in [6.45, 7) is 2.19. The van der Waals surface area contributed by atoms with Crippen molar-refractivity contribution in [1.29, 1.82) is 0 Å². The van der Waals surface area contributed by atoms with Gasteiger partial charge >= 0.3 is 12.1 Å². The molecule has 224 valence electrons. The van der Waals surface area contributed by atoms with Gasteiger partial charge in [-0.3, -0.25) is 15.1 Å². The molecule has 13 nitrogen and oxygen atoms in total. The van der Waals surface area contributed by atoms with Crippen LogP contribution in [-0.2, 0) is 4.79 Å². The highest BCUT2D eigenvalue weighted by Crippen LogP contribution is 2.36. The summed E-state index contributed by atoms with van der Waals surface area (Å²) in [4.78, 5) is 42.1. The average Bonchev–Trinajstić information content (AvgIpc) is 2.93. The smallest absolute Gasteiger partial charge is 0.491 e. The monoisotopic (exact) mass is 592 g/mol. The lowest BCUT2D eigenvalue weighted by molar-refractivity contribution is -0.189. The van der Waals surface area contributed by atoms with Gasteiger partial charge in [0.25, 0.3) is 5.56 Å². The zero-order valence-electron chi connectivity index (χ0n) is 23.0. The van der Waals surface area contributed by atoms with Crippen LogP contribution in [0.3, 0.4) is 0 Å². The predicted octanol–water partition coefficient (Wildman–Crippen LogP) is 2.71. The predicted molar refractivity (Wildman–Crippen MR) is 145 cm³/mol. The third-order valence-corrected chi connectivity index (χ3v) is 6.04. The minimum atomic E-state index is -5.33. The van der Waals surface area contributed by atoms with Crippen molar-refractivity contribution in [1.82, 2.24) is 24.8 Å². The van der Waals surface area contributed by atoms with E-state index in [9.17, 15) is 22.8 Å². The van der Waals surface area contributed by atoms with E-state index in [-0.39, 0.29) is 42.9 Å². The highest BCUT2D eigenvalue weighted by molar-refractivity contribution is 5.92. The number of methoxy groups -OCH3 is 2. The average molecular weight is 593 g/mol. The molecule has 2 heterocycles. The first-order valence-corrected chi connectivity index (χ1v) is 12.4. The van der Waals surface area contributed by atoms with Crippen molar-refractivity contribution in [2.45, 2.75) is 13.1 Å². The van der Waals surface area contributed by atoms with E-state index in [1.807, 2.05) is 0 Å². The van der Waals surface area contributed by atoms with E-state index in [4.69, 9.17) is 19.3 Å². The second kappa shape index (κ2) is 12.4. The first kappa shape index (κ1) is 30.3. The van der Waals surface area contributed by atoms with Crippen LogP contribution in [0.15, 0.2) is 29.1 Å². The summed E-state index contributed by atoms with van der Waals surface area (Å²) in [5.41, 5.74) is -0.0224. The van der Waals surface area contributed by atoms with Gasteiger partial charge < -0.3 is 29.0 Å². The van der Waals surface area contributed by atoms with Gasteiger partial charge in [0, 0.05) is 24.5 Å². The number of ether oxygens (including phenoxy) is 4. The molecule has 2 aromatic carbocycles. The Morgan fingerprint density at radius 1 is 1.10 bits per heavy atom. The number of anilines is 2. The standard InChI is InChI=1S/C26H27F3N6O7/c1-13-15-11-14(39-3)12-18(40-4)20(15)32-24(30-13)34-25-31-16-5-6-17(41-10-8-35(2)7-9-36)21(19(16)22(37)33-25)42-23(38)26(27,28)29/h5-6,11-12,36H,7-10H2,1-4H3,(H2,30,31,32,33,34,37). The number of alkyl halides is 3. The molecule has 0 fully saturated rings. The quantitative estimate of drug-likeness (QED) is 0.173. The highest BCUT2D eigenvalue weighted by atomic mass is 19.4. The summed E-state index contributed by atoms with van der Waals surface area (Å²) in [5.74, 6) is -2.70. The molecule has 0 bridgehead atoms. The molecule has 0 saturated carbocycles. The number of aromatic nitrogens is 4. The van der Waals surface area contributed by atoms with Crippen molar-refractivity contribution in [3.63, 3.8) is 0 Å². The normalized spacial score (nSPS) is 11.6. The van der Waals surface area contributed by atoms with E-state index in [1.165, 1.54) is 26.4 Å². The summed E-state index contributed by atoms with van der Waals surface area (Å²) in [6.07, 6.45) is -5.33. The Labute approximate surface area is 236 Å². The molecule has 0 spiro atoms. The van der Waals surface area contributed by atoms with E-state index < -0.39 is 28.8 Å². The van der Waals surface area contributed by atoms with E-state index >= 15 is 0 Å². The molecule has 0 aliphatic heterocycles. The number of aromatic amines is 1. The molecule has 0 aliphatic rings. The Kier molecular flexibility index (Phi) is 8.96. The van der Waals surface area contributed by atoms with Gasteiger partial charge in [-0.05, 0) is 32.2 Å². The van der Waals surface area contributed by atoms with E-state index in [0.717, 1.165) is 0 Å². The fraction of sp³-hybridized carbons (Fsp3) is 0.346. The van der Waals surface area contributed by atoms with Crippen LogP contribution < -0.4 is 29.8 Å². The molecule has 3 N–H and O–H groups in total. The van der Waals surface area contributed by atoms with E-state index in [2.05, 4.69) is 30.0 Å². The number of fused-ring (bicyclic) bond motifs is 2. The first-order valence-electron chi connectivity index (χ1n) is 12.4. The number of nitrogens with one attached hydrogen (secondary N) is 2. The van der Waals surface area contributed by atoms with Crippen LogP contribution in [0.5, 0.6) is 23.0 Å². The topological polar surface area (TPSA) is 161 Å². The van der Waals surface area contributed by atoms with Crippen LogP contribution in [0.2, 0.25) is 0 Å². The number of halogens is 3. The lowest BCUT2D eigenvalue weighted by Crippen LogP contribution is -2.29. The number of hydrogen-bond donors (Lipinski definition) is 3. The number of carbonyl (C=O) groups excluding carboxylic acids is 1. The number of rotatable bonds is 11. The van der Waals surface area contributed by atoms with E-state index in [1.54, 1.807) is 31.0 Å². The Morgan fingerprint density at radius 3 is 2.52 bits per heavy atom. The molecule has 4 aromatic rings. The molecular formula is C26H27F3N6O7. The van der Waals surface area contributed by atoms with Crippen molar-refractivity contribution in [3.8, 4) is 23.0 Å². The summed E-state index contributed by atoms with van der Waals surface area (Å²) < 4.78 is 60.1. The Balaban J connectivity index is 1.73. The molecule has 0 unspecified atom stereocenters. The number of aliphatic hydroxyl groups is 1. The number of carbonyl (C=O) groups is 1. The van der Waals surface area contributed by atoms with Crippen LogP contribution in [0.4, 0.5) is 25.1 Å². The summed E-state index contributed by atoms with van der Waals surface area (Å²) >= 11 is 0. The van der Waals surface area contributed by atoms with Crippen LogP contribution >= 0.6 is 0 Å². The van der Waals surface area contributed by atoms with Gasteiger partial charge in [0.05, 0.1) is 32.0 Å². The van der Waals surface area contributed by atoms with Gasteiger partial charge in [0.1, 0.15) is 29.0 Å². The van der Waals surface area contributed by atoms with Gasteiger partial charge in [0.15, 0.2) is 11.5 Å². The maximum absolute atomic E-state index is 13.1. The molecule has 42 heavy (non-hydrogen) atoms. The third-order valence-electron chi connectivity index (χ3n) is 6.04. The van der Waals surface area contributed by atoms with Crippen molar-refractivity contribution in [3.05, 3.63) is 40.3 Å². The maximum Gasteiger partial charge on any atom is 0.491 e. The van der Waals surface area contributed by atoms with Crippen molar-refractivity contribution in [2.75, 3.05) is 52.9 Å². The van der Waals surface area contributed by atoms with E-state index in [0.29, 0.717) is 34.6 Å². The summed E-state index contributed by atoms with van der Waals surface area (Å²) in [7, 11) is 4.67. The second-order valence-corrected chi connectivity index (χ2v) is 8.95. The Morgan fingerprint density at radius 2 is 1.86 bits per heavy atom. The van der Waals surface area contributed by atoms with Crippen molar-refractivity contribution >= 4 is 39.7 Å². The largest absolute Gasteiger partial charge is 0.497 e. The molecule has 4 rings (SSSR count). The molecule has 0 radical (unpaired) electrons. The fourth-order valence-electron chi connectivity index (χ4n) is 3.96. The van der Waals surface area contributed by atoms with Crippen LogP contribution in [0.1, 0.15) is 5.69 Å². The van der Waals surface area contributed by atoms with Crippen molar-refractivity contribution < 1.29 is 42.0 Å². The first-order chi connectivity index (χ1) is 19.9. The zero-order chi connectivity index (χ0) is 30.6. The Hall–Kier alpha value is -4.70. The van der Waals surface area contributed by atoms with Gasteiger partial charge in [0.2, 0.25) is 11.9 Å². The molecule has 0 aliphatic carbocycles. The highest BCUT2D eigenvalue weighted by Gasteiger charge is 2.42. The fourth-order valence-corrected chi connectivity index (χ4v) is 3.96. The number of aliphatic hydroxyl groups excluding tert-OH is 1. The number of H-pyrrole nitrogens is 1. The maximum atomic E-state index is 13.1.